The Balaban J connectivity index is 3.43. The van der Waals surface area contributed by atoms with Crippen molar-refractivity contribution in [2.45, 2.75) is 12.8 Å². The van der Waals surface area contributed by atoms with E-state index in [2.05, 4.69) is 4.84 Å². The molecule has 3 N–H and O–H groups in total. The number of rotatable bonds is 3. The first-order chi connectivity index (χ1) is 5.70. The van der Waals surface area contributed by atoms with E-state index in [9.17, 15) is 14.4 Å². The second-order valence-corrected chi connectivity index (χ2v) is 1.72. The van der Waals surface area contributed by atoms with Crippen molar-refractivity contribution < 1.29 is 24.4 Å². The van der Waals surface area contributed by atoms with Crippen LogP contribution >= 0.6 is 0 Å². The zero-order valence-corrected chi connectivity index (χ0v) is 6.07. The Morgan fingerprint density at radius 1 is 1.50 bits per heavy atom. The number of carbonyl (C=O) groups is 3. The third-order valence-electron chi connectivity index (χ3n) is 0.825. The van der Waals surface area contributed by atoms with Gasteiger partial charge in [0.05, 0.1) is 6.42 Å². The van der Waals surface area contributed by atoms with Gasteiger partial charge < -0.3 is 9.63 Å². The zero-order chi connectivity index (χ0) is 9.40. The number of hydroxylamine groups is 2. The topological polar surface area (TPSA) is 105 Å². The van der Waals surface area contributed by atoms with Gasteiger partial charge >= 0.3 is 12.0 Å². The number of carbonyl (C=O) groups excluding carboxylic acids is 3. The van der Waals surface area contributed by atoms with Crippen LogP contribution in [-0.2, 0) is 14.4 Å². The van der Waals surface area contributed by atoms with Crippen LogP contribution in [0.25, 0.3) is 0 Å². The molecule has 7 nitrogen and oxygen atoms in total. The van der Waals surface area contributed by atoms with Crippen LogP contribution in [0.5, 0.6) is 0 Å². The number of hydrogen-bond acceptors (Lipinski definition) is 5. The van der Waals surface area contributed by atoms with Crippen molar-refractivity contribution in [1.82, 2.24) is 11.0 Å². The zero-order valence-electron chi connectivity index (χ0n) is 6.07. The average molecular weight is 176 g/mol. The molecule has 12 heavy (non-hydrogen) atoms. The summed E-state index contributed by atoms with van der Waals surface area (Å²) in [7, 11) is 0. The molecule has 68 valence electrons. The van der Waals surface area contributed by atoms with Crippen molar-refractivity contribution >= 4 is 18.3 Å². The largest absolute Gasteiger partial charge is 0.371 e. The van der Waals surface area contributed by atoms with Crippen molar-refractivity contribution in [2.75, 3.05) is 0 Å². The summed E-state index contributed by atoms with van der Waals surface area (Å²) in [5, 5.41) is 7.91. The van der Waals surface area contributed by atoms with Crippen molar-refractivity contribution in [3.63, 3.8) is 0 Å². The molecule has 0 aliphatic heterocycles. The molecular weight excluding hydrogens is 168 g/mol. The summed E-state index contributed by atoms with van der Waals surface area (Å²) < 4.78 is 0. The molecule has 0 radical (unpaired) electrons. The number of urea groups is 1. The maximum Gasteiger partial charge on any atom is 0.371 e. The quantitative estimate of drug-likeness (QED) is 0.294. The number of amides is 2. The van der Waals surface area contributed by atoms with E-state index in [1.165, 1.54) is 5.48 Å². The van der Waals surface area contributed by atoms with Crippen LogP contribution < -0.4 is 11.0 Å². The second-order valence-electron chi connectivity index (χ2n) is 1.72. The molecule has 0 aromatic carbocycles. The van der Waals surface area contributed by atoms with Gasteiger partial charge in [0.15, 0.2) is 0 Å². The van der Waals surface area contributed by atoms with Gasteiger partial charge in [-0.2, -0.15) is 5.48 Å². The normalized spacial score (nSPS) is 8.42. The number of nitrogens with one attached hydrogen (secondary N) is 2. The summed E-state index contributed by atoms with van der Waals surface area (Å²) in [6.45, 7) is 0. The summed E-state index contributed by atoms with van der Waals surface area (Å²) >= 11 is 0. The van der Waals surface area contributed by atoms with Crippen molar-refractivity contribution in [3.05, 3.63) is 0 Å². The van der Waals surface area contributed by atoms with Gasteiger partial charge in [-0.15, -0.1) is 0 Å². The van der Waals surface area contributed by atoms with Crippen molar-refractivity contribution in [2.24, 2.45) is 0 Å². The Morgan fingerprint density at radius 2 is 2.17 bits per heavy atom. The monoisotopic (exact) mass is 176 g/mol. The Hall–Kier alpha value is -1.63. The van der Waals surface area contributed by atoms with E-state index in [4.69, 9.17) is 5.21 Å². The molecule has 0 atom stereocenters. The van der Waals surface area contributed by atoms with Crippen molar-refractivity contribution in [1.29, 1.82) is 0 Å². The highest BCUT2D eigenvalue weighted by atomic mass is 16.7. The molecular formula is C5H8N2O5. The lowest BCUT2D eigenvalue weighted by Gasteiger charge is -2.01. The second kappa shape index (κ2) is 6.10. The van der Waals surface area contributed by atoms with Crippen LogP contribution in [0.3, 0.4) is 0 Å². The molecule has 0 spiro atoms. The smallest absolute Gasteiger partial charge is 0.339 e. The Morgan fingerprint density at radius 3 is 2.67 bits per heavy atom. The summed E-state index contributed by atoms with van der Waals surface area (Å²) in [6, 6.07) is -1.06. The third kappa shape index (κ3) is 5.18. The Labute approximate surface area is 67.6 Å². The molecule has 0 aliphatic rings. The molecule has 0 saturated heterocycles. The van der Waals surface area contributed by atoms with E-state index in [-0.39, 0.29) is 12.8 Å². The molecule has 0 aromatic rings. The Kier molecular flexibility index (Phi) is 5.28. The first kappa shape index (κ1) is 10.4. The highest BCUT2D eigenvalue weighted by Crippen LogP contribution is 1.86. The third-order valence-corrected chi connectivity index (χ3v) is 0.825. The van der Waals surface area contributed by atoms with Gasteiger partial charge in [-0.3, -0.25) is 5.21 Å². The lowest BCUT2D eigenvalue weighted by atomic mass is 10.3. The fraction of sp³-hybridized carbons (Fsp3) is 0.400. The molecule has 7 heteroatoms. The molecule has 0 saturated carbocycles. The average Bonchev–Trinajstić information content (AvgIpc) is 2.10. The standard InChI is InChI=1S/C5H8N2O5/c8-3-1-2-4(9)12-7-5(10)6-11/h3,11H,1-2H2,(H2,6,7,10). The van der Waals surface area contributed by atoms with E-state index in [0.717, 1.165) is 0 Å². The van der Waals surface area contributed by atoms with Crippen LogP contribution in [0.2, 0.25) is 0 Å². The predicted octanol–water partition coefficient (Wildman–Crippen LogP) is -0.888. The minimum atomic E-state index is -1.06. The van der Waals surface area contributed by atoms with Crippen LogP contribution in [0, 0.1) is 0 Å². The summed E-state index contributed by atoms with van der Waals surface area (Å²) in [6.07, 6.45) is 0.462. The van der Waals surface area contributed by atoms with Gasteiger partial charge in [0.2, 0.25) is 0 Å². The molecule has 0 fully saturated rings. The Bertz CT molecular complexity index is 181. The minimum Gasteiger partial charge on any atom is -0.339 e. The van der Waals surface area contributed by atoms with Crippen LogP contribution in [-0.4, -0.2) is 23.5 Å². The van der Waals surface area contributed by atoms with E-state index >= 15 is 0 Å². The van der Waals surface area contributed by atoms with E-state index in [0.29, 0.717) is 6.29 Å². The lowest BCUT2D eigenvalue weighted by molar-refractivity contribution is -0.149. The SMILES string of the molecule is O=CCCC(=O)ONC(=O)NO. The molecule has 0 bridgehead atoms. The fourth-order valence-corrected chi connectivity index (χ4v) is 0.354. The molecule has 0 heterocycles. The van der Waals surface area contributed by atoms with Gasteiger partial charge in [-0.1, -0.05) is 0 Å². The highest BCUT2D eigenvalue weighted by Gasteiger charge is 2.04. The highest BCUT2D eigenvalue weighted by molar-refractivity contribution is 5.76. The maximum absolute atomic E-state index is 10.5. The summed E-state index contributed by atoms with van der Waals surface area (Å²) in [5.74, 6) is -0.759. The maximum atomic E-state index is 10.5. The van der Waals surface area contributed by atoms with Gasteiger partial charge in [0, 0.05) is 6.42 Å². The van der Waals surface area contributed by atoms with Gasteiger partial charge in [0.25, 0.3) is 0 Å². The van der Waals surface area contributed by atoms with E-state index in [1.807, 2.05) is 0 Å². The molecule has 0 unspecified atom stereocenters. The number of aldehydes is 1. The predicted molar refractivity (Wildman–Crippen MR) is 34.8 cm³/mol. The van der Waals surface area contributed by atoms with Gasteiger partial charge in [-0.05, 0) is 0 Å². The lowest BCUT2D eigenvalue weighted by Crippen LogP contribution is -2.34. The minimum absolute atomic E-state index is 0.0290. The van der Waals surface area contributed by atoms with Gasteiger partial charge in [-0.25, -0.2) is 15.1 Å². The number of hydrogen-bond donors (Lipinski definition) is 3. The first-order valence-electron chi connectivity index (χ1n) is 3.04. The molecule has 0 rings (SSSR count). The molecule has 2 amide bonds. The van der Waals surface area contributed by atoms with Crippen LogP contribution in [0.4, 0.5) is 4.79 Å². The fourth-order valence-electron chi connectivity index (χ4n) is 0.354. The van der Waals surface area contributed by atoms with Crippen LogP contribution in [0.15, 0.2) is 0 Å². The summed E-state index contributed by atoms with van der Waals surface area (Å²) in [5.41, 5.74) is 2.76. The van der Waals surface area contributed by atoms with Crippen LogP contribution in [0.1, 0.15) is 12.8 Å². The van der Waals surface area contributed by atoms with E-state index < -0.39 is 12.0 Å². The first-order valence-corrected chi connectivity index (χ1v) is 3.04. The summed E-state index contributed by atoms with van der Waals surface area (Å²) in [4.78, 5) is 34.5. The van der Waals surface area contributed by atoms with Crippen molar-refractivity contribution in [3.8, 4) is 0 Å². The molecule has 0 aromatic heterocycles. The van der Waals surface area contributed by atoms with E-state index in [1.54, 1.807) is 5.48 Å². The molecule has 0 aliphatic carbocycles. The van der Waals surface area contributed by atoms with Gasteiger partial charge in [0.1, 0.15) is 6.29 Å².